The zero-order chi connectivity index (χ0) is 10.9. The molecule has 84 valence electrons. The lowest BCUT2D eigenvalue weighted by atomic mass is 10.2. The number of alkyl halides is 2. The highest BCUT2D eigenvalue weighted by molar-refractivity contribution is 9.12. The third-order valence-corrected chi connectivity index (χ3v) is 3.98. The molecule has 1 aromatic rings. The van der Waals surface area contributed by atoms with E-state index in [0.29, 0.717) is 24.8 Å². The van der Waals surface area contributed by atoms with Gasteiger partial charge in [0.2, 0.25) is 0 Å². The van der Waals surface area contributed by atoms with Crippen LogP contribution in [0.1, 0.15) is 5.56 Å². The van der Waals surface area contributed by atoms with Gasteiger partial charge in [-0.05, 0) is 5.56 Å². The summed E-state index contributed by atoms with van der Waals surface area (Å²) in [6, 6.07) is 10.1. The molecule has 2 nitrogen and oxygen atoms in total. The van der Waals surface area contributed by atoms with Gasteiger partial charge in [0.1, 0.15) is 6.79 Å². The molecule has 0 aliphatic carbocycles. The molecule has 0 bridgehead atoms. The summed E-state index contributed by atoms with van der Waals surface area (Å²) >= 11 is 6.80. The normalized spacial score (nSPS) is 12.7. The minimum Gasteiger partial charge on any atom is -0.354 e. The summed E-state index contributed by atoms with van der Waals surface area (Å²) in [6.45, 7) is 1.59. The van der Waals surface area contributed by atoms with E-state index < -0.39 is 0 Å². The lowest BCUT2D eigenvalue weighted by Gasteiger charge is -2.08. The molecule has 1 aromatic carbocycles. The van der Waals surface area contributed by atoms with E-state index in [1.54, 1.807) is 0 Å². The Morgan fingerprint density at radius 2 is 1.87 bits per heavy atom. The van der Waals surface area contributed by atoms with Gasteiger partial charge in [0, 0.05) is 10.2 Å². The largest absolute Gasteiger partial charge is 0.354 e. The molecular weight excluding hydrogens is 324 g/mol. The summed E-state index contributed by atoms with van der Waals surface area (Å²) in [5, 5.41) is 0.881. The molecule has 1 atom stereocenters. The zero-order valence-electron chi connectivity index (χ0n) is 8.36. The quantitative estimate of drug-likeness (QED) is 0.431. The molecule has 0 N–H and O–H groups in total. The first-order valence-corrected chi connectivity index (χ1v) is 6.76. The fourth-order valence-electron chi connectivity index (χ4n) is 1.01. The molecule has 0 heterocycles. The molecule has 4 heteroatoms. The topological polar surface area (TPSA) is 18.5 Å². The highest BCUT2D eigenvalue weighted by Crippen LogP contribution is 2.04. The molecule has 0 aliphatic rings. The lowest BCUT2D eigenvalue weighted by molar-refractivity contribution is -0.0595. The van der Waals surface area contributed by atoms with Crippen LogP contribution in [0.5, 0.6) is 0 Å². The molecule has 0 amide bonds. The van der Waals surface area contributed by atoms with Crippen LogP contribution in [0.4, 0.5) is 0 Å². The van der Waals surface area contributed by atoms with Crippen molar-refractivity contribution in [2.75, 3.05) is 18.7 Å². The summed E-state index contributed by atoms with van der Waals surface area (Å²) < 4.78 is 10.7. The van der Waals surface area contributed by atoms with E-state index in [4.69, 9.17) is 9.47 Å². The third kappa shape index (κ3) is 6.30. The number of ether oxygens (including phenoxy) is 2. The average Bonchev–Trinajstić information content (AvgIpc) is 2.29. The third-order valence-electron chi connectivity index (χ3n) is 1.74. The van der Waals surface area contributed by atoms with Gasteiger partial charge in [-0.25, -0.2) is 0 Å². The highest BCUT2D eigenvalue weighted by atomic mass is 79.9. The highest BCUT2D eigenvalue weighted by Gasteiger charge is 2.00. The van der Waals surface area contributed by atoms with Crippen molar-refractivity contribution in [2.24, 2.45) is 0 Å². The Morgan fingerprint density at radius 1 is 1.13 bits per heavy atom. The van der Waals surface area contributed by atoms with Crippen molar-refractivity contribution in [3.05, 3.63) is 35.9 Å². The first-order valence-electron chi connectivity index (χ1n) is 4.72. The van der Waals surface area contributed by atoms with Gasteiger partial charge < -0.3 is 9.47 Å². The standard InChI is InChI=1S/C11H14Br2O2/c12-6-11(13)8-15-9-14-7-10-4-2-1-3-5-10/h1-5,11H,6-9H2. The molecule has 0 aromatic heterocycles. The molecule has 1 unspecified atom stereocenters. The van der Waals surface area contributed by atoms with Crippen LogP contribution in [0.2, 0.25) is 0 Å². The van der Waals surface area contributed by atoms with E-state index in [-0.39, 0.29) is 0 Å². The van der Waals surface area contributed by atoms with Gasteiger partial charge in [-0.15, -0.1) is 0 Å². The Bertz CT molecular complexity index is 254. The Labute approximate surface area is 107 Å². The number of rotatable bonds is 7. The van der Waals surface area contributed by atoms with E-state index in [1.165, 1.54) is 0 Å². The smallest absolute Gasteiger partial charge is 0.147 e. The molecule has 0 spiro atoms. The van der Waals surface area contributed by atoms with Crippen molar-refractivity contribution in [3.63, 3.8) is 0 Å². The predicted octanol–water partition coefficient (Wildman–Crippen LogP) is 3.34. The molecule has 0 radical (unpaired) electrons. The number of benzene rings is 1. The van der Waals surface area contributed by atoms with Crippen LogP contribution in [-0.4, -0.2) is 23.6 Å². The van der Waals surface area contributed by atoms with Gasteiger partial charge in [0.25, 0.3) is 0 Å². The minimum absolute atomic E-state index is 0.337. The van der Waals surface area contributed by atoms with Crippen LogP contribution in [0, 0.1) is 0 Å². The Kier molecular flexibility index (Phi) is 7.26. The number of hydrogen-bond donors (Lipinski definition) is 0. The summed E-state index contributed by atoms with van der Waals surface area (Å²) in [6.07, 6.45) is 0. The second-order valence-electron chi connectivity index (χ2n) is 3.07. The second kappa shape index (κ2) is 8.28. The lowest BCUT2D eigenvalue weighted by Crippen LogP contribution is -2.11. The Balaban J connectivity index is 2.03. The van der Waals surface area contributed by atoms with E-state index in [9.17, 15) is 0 Å². The Hall–Kier alpha value is 0.1000. The van der Waals surface area contributed by atoms with Crippen molar-refractivity contribution >= 4 is 31.9 Å². The maximum atomic E-state index is 5.36. The van der Waals surface area contributed by atoms with Crippen molar-refractivity contribution < 1.29 is 9.47 Å². The van der Waals surface area contributed by atoms with Crippen molar-refractivity contribution in [3.8, 4) is 0 Å². The fourth-order valence-corrected chi connectivity index (χ4v) is 1.39. The van der Waals surface area contributed by atoms with Gasteiger partial charge in [0.05, 0.1) is 13.2 Å². The van der Waals surface area contributed by atoms with Crippen LogP contribution < -0.4 is 0 Å². The predicted molar refractivity (Wildman–Crippen MR) is 68.6 cm³/mol. The summed E-state index contributed by atoms with van der Waals surface area (Å²) in [5.74, 6) is 0. The van der Waals surface area contributed by atoms with Crippen LogP contribution in [0.25, 0.3) is 0 Å². The van der Waals surface area contributed by atoms with Crippen LogP contribution in [0.15, 0.2) is 30.3 Å². The maximum Gasteiger partial charge on any atom is 0.147 e. The molecular formula is C11H14Br2O2. The van der Waals surface area contributed by atoms with Crippen molar-refractivity contribution in [1.29, 1.82) is 0 Å². The maximum absolute atomic E-state index is 5.36. The van der Waals surface area contributed by atoms with E-state index in [0.717, 1.165) is 10.9 Å². The van der Waals surface area contributed by atoms with Crippen molar-refractivity contribution in [2.45, 2.75) is 11.4 Å². The second-order valence-corrected chi connectivity index (χ2v) is 5.02. The summed E-state index contributed by atoms with van der Waals surface area (Å²) in [5.41, 5.74) is 1.16. The average molecular weight is 338 g/mol. The van der Waals surface area contributed by atoms with Gasteiger partial charge in [-0.3, -0.25) is 0 Å². The SMILES string of the molecule is BrCC(Br)COCOCc1ccccc1. The van der Waals surface area contributed by atoms with Gasteiger partial charge >= 0.3 is 0 Å². The minimum atomic E-state index is 0.337. The molecule has 0 saturated heterocycles. The monoisotopic (exact) mass is 336 g/mol. The summed E-state index contributed by atoms with van der Waals surface area (Å²) in [4.78, 5) is 0.345. The van der Waals surface area contributed by atoms with Crippen LogP contribution in [0.3, 0.4) is 0 Å². The fraction of sp³-hybridized carbons (Fsp3) is 0.455. The molecule has 0 fully saturated rings. The van der Waals surface area contributed by atoms with E-state index >= 15 is 0 Å². The number of halogens is 2. The first kappa shape index (κ1) is 13.2. The molecule has 0 saturated carbocycles. The first-order chi connectivity index (χ1) is 7.33. The zero-order valence-corrected chi connectivity index (χ0v) is 11.5. The van der Waals surface area contributed by atoms with Gasteiger partial charge in [0.15, 0.2) is 0 Å². The number of hydrogen-bond acceptors (Lipinski definition) is 2. The van der Waals surface area contributed by atoms with Gasteiger partial charge in [-0.2, -0.15) is 0 Å². The Morgan fingerprint density at radius 3 is 2.53 bits per heavy atom. The van der Waals surface area contributed by atoms with E-state index in [2.05, 4.69) is 31.9 Å². The molecule has 1 rings (SSSR count). The summed E-state index contributed by atoms with van der Waals surface area (Å²) in [7, 11) is 0. The van der Waals surface area contributed by atoms with Crippen LogP contribution >= 0.6 is 31.9 Å². The van der Waals surface area contributed by atoms with Crippen LogP contribution in [-0.2, 0) is 16.1 Å². The van der Waals surface area contributed by atoms with Gasteiger partial charge in [-0.1, -0.05) is 62.2 Å². The van der Waals surface area contributed by atoms with Crippen molar-refractivity contribution in [1.82, 2.24) is 0 Å². The molecule has 0 aliphatic heterocycles. The van der Waals surface area contributed by atoms with E-state index in [1.807, 2.05) is 30.3 Å². The molecule has 15 heavy (non-hydrogen) atoms.